The van der Waals surface area contributed by atoms with Crippen molar-refractivity contribution in [3.63, 3.8) is 0 Å². The molecular weight excluding hydrogens is 472 g/mol. The Bertz CT molecular complexity index is 1370. The third-order valence-electron chi connectivity index (χ3n) is 5.46. The van der Waals surface area contributed by atoms with Crippen LogP contribution in [0.1, 0.15) is 31.1 Å². The van der Waals surface area contributed by atoms with E-state index in [-0.39, 0.29) is 17.7 Å². The zero-order valence-electron chi connectivity index (χ0n) is 19.3. The molecule has 1 aromatic carbocycles. The van der Waals surface area contributed by atoms with Crippen LogP contribution in [0.5, 0.6) is 0 Å². The van der Waals surface area contributed by atoms with Crippen LogP contribution in [0.15, 0.2) is 52.3 Å². The van der Waals surface area contributed by atoms with Crippen molar-refractivity contribution in [1.82, 2.24) is 24.7 Å². The molecule has 0 radical (unpaired) electrons. The quantitative estimate of drug-likeness (QED) is 0.225. The Labute approximate surface area is 202 Å². The van der Waals surface area contributed by atoms with Crippen LogP contribution in [0.4, 0.5) is 11.8 Å². The Morgan fingerprint density at radius 3 is 2.71 bits per heavy atom. The minimum atomic E-state index is -3.90. The molecule has 0 amide bonds. The van der Waals surface area contributed by atoms with E-state index in [9.17, 15) is 13.5 Å². The zero-order chi connectivity index (χ0) is 24.8. The van der Waals surface area contributed by atoms with Crippen LogP contribution in [-0.2, 0) is 29.5 Å². The number of aliphatic hydroxyl groups excluding tert-OH is 1. The molecule has 0 bridgehead atoms. The second-order valence-electron chi connectivity index (χ2n) is 8.06. The fourth-order valence-electron chi connectivity index (χ4n) is 3.51. The highest BCUT2D eigenvalue weighted by atomic mass is 32.2. The van der Waals surface area contributed by atoms with Crippen molar-refractivity contribution in [3.8, 4) is 0 Å². The van der Waals surface area contributed by atoms with Crippen LogP contribution < -0.4 is 15.8 Å². The highest BCUT2D eigenvalue weighted by molar-refractivity contribution is 7.89. The third kappa shape index (κ3) is 6.12. The van der Waals surface area contributed by atoms with Crippen LogP contribution in [-0.4, -0.2) is 50.8 Å². The standard InChI is InChI=1S/C22H28N8O4S/c1-2-16(13-31)26-22-27-20(24-12-15-7-4-3-5-8-15)19-21(28-22)30(14-25-19)10-6-9-17-11-18(29-34-17)35(23,32)33/h3-5,7-8,11,14,16,31H,2,6,9-10,12-13H2,1H3,(H2,23,32,33)(H2,24,26,27,28)/t16-/m1/s1. The topological polar surface area (TPSA) is 174 Å². The van der Waals surface area contributed by atoms with Crippen LogP contribution in [0.25, 0.3) is 11.2 Å². The van der Waals surface area contributed by atoms with Gasteiger partial charge in [0.1, 0.15) is 5.76 Å². The van der Waals surface area contributed by atoms with Crippen molar-refractivity contribution in [3.05, 3.63) is 54.0 Å². The minimum absolute atomic E-state index is 0.0401. The number of aryl methyl sites for hydroxylation is 2. The fourth-order valence-corrected chi connectivity index (χ4v) is 3.94. The second-order valence-corrected chi connectivity index (χ2v) is 9.57. The number of nitrogens with zero attached hydrogens (tertiary/aromatic N) is 5. The van der Waals surface area contributed by atoms with Crippen LogP contribution >= 0.6 is 0 Å². The normalized spacial score (nSPS) is 12.7. The van der Waals surface area contributed by atoms with Gasteiger partial charge in [0.2, 0.25) is 11.0 Å². The van der Waals surface area contributed by atoms with Gasteiger partial charge in [-0.3, -0.25) is 0 Å². The van der Waals surface area contributed by atoms with E-state index in [0.717, 1.165) is 5.56 Å². The number of nitrogens with one attached hydrogen (secondary N) is 2. The summed E-state index contributed by atoms with van der Waals surface area (Å²) < 4.78 is 29.7. The summed E-state index contributed by atoms with van der Waals surface area (Å²) in [7, 11) is -3.90. The molecule has 0 unspecified atom stereocenters. The average molecular weight is 501 g/mol. The number of primary sulfonamides is 1. The summed E-state index contributed by atoms with van der Waals surface area (Å²) >= 11 is 0. The number of hydrogen-bond acceptors (Lipinski definition) is 10. The molecule has 4 rings (SSSR count). The van der Waals surface area contributed by atoms with Crippen molar-refractivity contribution in [1.29, 1.82) is 0 Å². The summed E-state index contributed by atoms with van der Waals surface area (Å²) in [6.07, 6.45) is 3.48. The maximum absolute atomic E-state index is 11.4. The van der Waals surface area contributed by atoms with Gasteiger partial charge in [-0.15, -0.1) is 0 Å². The number of anilines is 2. The number of nitrogens with two attached hydrogens (primary N) is 1. The molecule has 0 aliphatic heterocycles. The number of aliphatic hydroxyl groups is 1. The smallest absolute Gasteiger partial charge is 0.259 e. The first-order valence-electron chi connectivity index (χ1n) is 11.2. The first-order chi connectivity index (χ1) is 16.9. The molecule has 0 aliphatic carbocycles. The first-order valence-corrected chi connectivity index (χ1v) is 12.8. The average Bonchev–Trinajstić information content (AvgIpc) is 3.49. The molecule has 13 heteroatoms. The molecule has 5 N–H and O–H groups in total. The van der Waals surface area contributed by atoms with Gasteiger partial charge in [0.05, 0.1) is 19.0 Å². The number of benzene rings is 1. The van der Waals surface area contributed by atoms with E-state index in [1.54, 1.807) is 6.33 Å². The highest BCUT2D eigenvalue weighted by Gasteiger charge is 2.17. The monoisotopic (exact) mass is 500 g/mol. The van der Waals surface area contributed by atoms with Gasteiger partial charge in [-0.05, 0) is 18.4 Å². The molecule has 4 aromatic rings. The van der Waals surface area contributed by atoms with E-state index in [4.69, 9.17) is 9.66 Å². The molecule has 3 heterocycles. The Kier molecular flexibility index (Phi) is 7.58. The Balaban J connectivity index is 1.54. The van der Waals surface area contributed by atoms with E-state index in [2.05, 4.69) is 30.7 Å². The Hall–Kier alpha value is -3.55. The van der Waals surface area contributed by atoms with Crippen molar-refractivity contribution < 1.29 is 18.0 Å². The Morgan fingerprint density at radius 1 is 1.23 bits per heavy atom. The van der Waals surface area contributed by atoms with E-state index in [0.29, 0.717) is 61.0 Å². The highest BCUT2D eigenvalue weighted by Crippen LogP contribution is 2.23. The third-order valence-corrected chi connectivity index (χ3v) is 6.24. The van der Waals surface area contributed by atoms with Crippen molar-refractivity contribution in [2.24, 2.45) is 5.14 Å². The van der Waals surface area contributed by atoms with Gasteiger partial charge in [-0.1, -0.05) is 42.4 Å². The van der Waals surface area contributed by atoms with Crippen molar-refractivity contribution >= 4 is 33.0 Å². The lowest BCUT2D eigenvalue weighted by Gasteiger charge is -2.15. The molecule has 0 aliphatic rings. The summed E-state index contributed by atoms with van der Waals surface area (Å²) in [5.41, 5.74) is 2.36. The molecule has 186 valence electrons. The molecule has 0 saturated heterocycles. The molecule has 0 spiro atoms. The first kappa shape index (κ1) is 24.6. The minimum Gasteiger partial charge on any atom is -0.394 e. The summed E-state index contributed by atoms with van der Waals surface area (Å²) in [6.45, 7) is 3.04. The molecule has 0 fully saturated rings. The second kappa shape index (κ2) is 10.8. The maximum Gasteiger partial charge on any atom is 0.259 e. The van der Waals surface area contributed by atoms with Gasteiger partial charge >= 0.3 is 0 Å². The fraction of sp³-hybridized carbons (Fsp3) is 0.364. The lowest BCUT2D eigenvalue weighted by atomic mass is 10.2. The number of rotatable bonds is 12. The van der Waals surface area contributed by atoms with E-state index >= 15 is 0 Å². The summed E-state index contributed by atoms with van der Waals surface area (Å²) in [4.78, 5) is 13.8. The van der Waals surface area contributed by atoms with Gasteiger partial charge in [0.15, 0.2) is 17.0 Å². The SMILES string of the molecule is CC[C@H](CO)Nc1nc(NCc2ccccc2)c2ncn(CCCc3cc(S(N)(=O)=O)no3)c2n1. The van der Waals surface area contributed by atoms with Crippen LogP contribution in [0, 0.1) is 0 Å². The molecule has 1 atom stereocenters. The van der Waals surface area contributed by atoms with E-state index in [1.807, 2.05) is 41.8 Å². The summed E-state index contributed by atoms with van der Waals surface area (Å²) in [6, 6.07) is 11.1. The van der Waals surface area contributed by atoms with Gasteiger partial charge in [0, 0.05) is 25.6 Å². The predicted molar refractivity (Wildman–Crippen MR) is 130 cm³/mol. The number of aromatic nitrogens is 5. The lowest BCUT2D eigenvalue weighted by Crippen LogP contribution is -2.24. The van der Waals surface area contributed by atoms with Crippen molar-refractivity contribution in [2.45, 2.75) is 50.3 Å². The van der Waals surface area contributed by atoms with Gasteiger partial charge < -0.3 is 24.8 Å². The Morgan fingerprint density at radius 2 is 2.03 bits per heavy atom. The van der Waals surface area contributed by atoms with E-state index < -0.39 is 10.0 Å². The molecule has 35 heavy (non-hydrogen) atoms. The summed E-state index contributed by atoms with van der Waals surface area (Å²) in [5, 5.41) is 24.4. The number of hydrogen-bond donors (Lipinski definition) is 4. The predicted octanol–water partition coefficient (Wildman–Crippen LogP) is 1.89. The summed E-state index contributed by atoms with van der Waals surface area (Å²) in [5.74, 6) is 1.40. The number of fused-ring (bicyclic) bond motifs is 1. The van der Waals surface area contributed by atoms with Gasteiger partial charge in [-0.2, -0.15) is 9.97 Å². The van der Waals surface area contributed by atoms with Gasteiger partial charge in [-0.25, -0.2) is 18.5 Å². The lowest BCUT2D eigenvalue weighted by molar-refractivity contribution is 0.271. The molecular formula is C22H28N8O4S. The largest absolute Gasteiger partial charge is 0.394 e. The molecule has 3 aromatic heterocycles. The molecule has 12 nitrogen and oxygen atoms in total. The van der Waals surface area contributed by atoms with Crippen molar-refractivity contribution in [2.75, 3.05) is 17.2 Å². The number of sulfonamides is 1. The maximum atomic E-state index is 11.4. The van der Waals surface area contributed by atoms with Gasteiger partial charge in [0.25, 0.3) is 10.0 Å². The van der Waals surface area contributed by atoms with Crippen LogP contribution in [0.2, 0.25) is 0 Å². The van der Waals surface area contributed by atoms with Crippen LogP contribution in [0.3, 0.4) is 0 Å². The van der Waals surface area contributed by atoms with E-state index in [1.165, 1.54) is 6.07 Å². The molecule has 0 saturated carbocycles. The number of imidazole rings is 1. The zero-order valence-corrected chi connectivity index (χ0v) is 20.1.